The molecule has 2 rings (SSSR count). The highest BCUT2D eigenvalue weighted by atomic mass is 16.5. The van der Waals surface area contributed by atoms with Crippen molar-refractivity contribution < 1.29 is 29.3 Å². The van der Waals surface area contributed by atoms with Gasteiger partial charge in [-0.3, -0.25) is 0 Å². The van der Waals surface area contributed by atoms with Gasteiger partial charge in [-0.15, -0.1) is 0 Å². The van der Waals surface area contributed by atoms with Crippen molar-refractivity contribution in [2.45, 2.75) is 45.4 Å². The number of likely N-dealkylation sites (tertiary alicyclic amines) is 1. The zero-order valence-electron chi connectivity index (χ0n) is 16.3. The van der Waals surface area contributed by atoms with Crippen LogP contribution < -0.4 is 9.47 Å². The van der Waals surface area contributed by atoms with Crippen molar-refractivity contribution in [3.63, 3.8) is 0 Å². The molecule has 0 aliphatic carbocycles. The summed E-state index contributed by atoms with van der Waals surface area (Å²) in [5.74, 6) is -1.95. The van der Waals surface area contributed by atoms with Gasteiger partial charge < -0.3 is 24.6 Å². The van der Waals surface area contributed by atoms with Crippen molar-refractivity contribution in [1.29, 1.82) is 0 Å². The molecule has 0 bridgehead atoms. The van der Waals surface area contributed by atoms with Crippen molar-refractivity contribution in [3.05, 3.63) is 23.8 Å². The van der Waals surface area contributed by atoms with Gasteiger partial charge in [0.1, 0.15) is 0 Å². The van der Waals surface area contributed by atoms with Crippen LogP contribution in [0.25, 0.3) is 0 Å². The van der Waals surface area contributed by atoms with Crippen LogP contribution >= 0.6 is 0 Å². The first kappa shape index (κ1) is 22.8. The molecule has 0 atom stereocenters. The SMILES string of the molecule is COc1cc(C)ccc1OCCCCN1CCCCCC1.O=C(O)C(=O)O. The smallest absolute Gasteiger partial charge is 0.414 e. The molecule has 1 fully saturated rings. The molecule has 1 aliphatic heterocycles. The average Bonchev–Trinajstić information content (AvgIpc) is 2.91. The Balaban J connectivity index is 0.000000527. The van der Waals surface area contributed by atoms with Gasteiger partial charge in [0.15, 0.2) is 11.5 Å². The number of nitrogens with zero attached hydrogens (tertiary/aromatic N) is 1. The van der Waals surface area contributed by atoms with Crippen LogP contribution in [0.1, 0.15) is 44.1 Å². The van der Waals surface area contributed by atoms with Gasteiger partial charge >= 0.3 is 11.9 Å². The summed E-state index contributed by atoms with van der Waals surface area (Å²) in [4.78, 5) is 20.8. The molecule has 1 aliphatic rings. The Morgan fingerprint density at radius 1 is 1.00 bits per heavy atom. The lowest BCUT2D eigenvalue weighted by molar-refractivity contribution is -0.159. The number of rotatable bonds is 7. The second-order valence-corrected chi connectivity index (χ2v) is 6.58. The standard InChI is InChI=1S/C18H29NO2.C2H2O4/c1-16-9-10-17(18(15-16)20-2)21-14-8-7-13-19-11-5-3-4-6-12-19;3-1(4)2(5)6/h9-10,15H,3-8,11-14H2,1-2H3;(H,3,4)(H,5,6). The number of benzene rings is 1. The maximum Gasteiger partial charge on any atom is 0.414 e. The summed E-state index contributed by atoms with van der Waals surface area (Å²) < 4.78 is 11.2. The van der Waals surface area contributed by atoms with Gasteiger partial charge in [-0.1, -0.05) is 18.9 Å². The number of carboxylic acid groups (broad SMARTS) is 2. The number of ether oxygens (including phenoxy) is 2. The van der Waals surface area contributed by atoms with Gasteiger partial charge in [0, 0.05) is 0 Å². The molecule has 1 aromatic carbocycles. The number of hydrogen-bond donors (Lipinski definition) is 2. The van der Waals surface area contributed by atoms with E-state index in [0.717, 1.165) is 24.5 Å². The highest BCUT2D eigenvalue weighted by molar-refractivity contribution is 6.27. The minimum atomic E-state index is -1.82. The minimum absolute atomic E-state index is 0.771. The van der Waals surface area contributed by atoms with Crippen molar-refractivity contribution in [2.24, 2.45) is 0 Å². The Morgan fingerprint density at radius 2 is 1.63 bits per heavy atom. The third kappa shape index (κ3) is 9.84. The van der Waals surface area contributed by atoms with E-state index in [9.17, 15) is 0 Å². The van der Waals surface area contributed by atoms with E-state index in [-0.39, 0.29) is 0 Å². The molecule has 0 spiro atoms. The molecule has 0 amide bonds. The molecule has 7 nitrogen and oxygen atoms in total. The number of methoxy groups -OCH3 is 1. The predicted molar refractivity (Wildman–Crippen MR) is 103 cm³/mol. The molecule has 152 valence electrons. The number of aryl methyl sites for hydroxylation is 1. The summed E-state index contributed by atoms with van der Waals surface area (Å²) in [6.07, 6.45) is 7.88. The monoisotopic (exact) mass is 381 g/mol. The summed E-state index contributed by atoms with van der Waals surface area (Å²) in [6, 6.07) is 6.09. The summed E-state index contributed by atoms with van der Waals surface area (Å²) >= 11 is 0. The maximum atomic E-state index is 9.10. The van der Waals surface area contributed by atoms with Crippen LogP contribution in [0.3, 0.4) is 0 Å². The second kappa shape index (κ2) is 13.0. The fourth-order valence-corrected chi connectivity index (χ4v) is 2.87. The molecular formula is C20H31NO6. The zero-order chi connectivity index (χ0) is 20.1. The molecular weight excluding hydrogens is 350 g/mol. The minimum Gasteiger partial charge on any atom is -0.493 e. The Hall–Kier alpha value is -2.28. The topological polar surface area (TPSA) is 96.3 Å². The van der Waals surface area contributed by atoms with Crippen LogP contribution in [-0.2, 0) is 9.59 Å². The van der Waals surface area contributed by atoms with E-state index in [1.54, 1.807) is 7.11 Å². The van der Waals surface area contributed by atoms with Crippen LogP contribution in [0, 0.1) is 6.92 Å². The number of hydrogen-bond acceptors (Lipinski definition) is 5. The Labute approximate surface area is 160 Å². The first-order valence-corrected chi connectivity index (χ1v) is 9.40. The maximum absolute atomic E-state index is 9.10. The lowest BCUT2D eigenvalue weighted by Crippen LogP contribution is -2.25. The van der Waals surface area contributed by atoms with Gasteiger partial charge in [0.25, 0.3) is 0 Å². The summed E-state index contributed by atoms with van der Waals surface area (Å²) in [5, 5.41) is 14.8. The Morgan fingerprint density at radius 3 is 2.19 bits per heavy atom. The number of unbranched alkanes of at least 4 members (excludes halogenated alkanes) is 1. The normalized spacial score (nSPS) is 14.4. The third-order valence-electron chi connectivity index (χ3n) is 4.33. The lowest BCUT2D eigenvalue weighted by atomic mass is 10.2. The van der Waals surface area contributed by atoms with Gasteiger partial charge in [0.2, 0.25) is 0 Å². The molecule has 2 N–H and O–H groups in total. The van der Waals surface area contributed by atoms with Crippen LogP contribution in [-0.4, -0.2) is 60.4 Å². The van der Waals surface area contributed by atoms with Gasteiger partial charge in [-0.2, -0.15) is 0 Å². The summed E-state index contributed by atoms with van der Waals surface area (Å²) in [5.41, 5.74) is 1.19. The molecule has 27 heavy (non-hydrogen) atoms. The lowest BCUT2D eigenvalue weighted by Gasteiger charge is -2.19. The van der Waals surface area contributed by atoms with Gasteiger partial charge in [-0.25, -0.2) is 9.59 Å². The molecule has 0 saturated carbocycles. The fourth-order valence-electron chi connectivity index (χ4n) is 2.87. The van der Waals surface area contributed by atoms with E-state index < -0.39 is 11.9 Å². The third-order valence-corrected chi connectivity index (χ3v) is 4.33. The zero-order valence-corrected chi connectivity index (χ0v) is 16.3. The van der Waals surface area contributed by atoms with Crippen molar-refractivity contribution >= 4 is 11.9 Å². The number of carbonyl (C=O) groups is 2. The van der Waals surface area contributed by atoms with Gasteiger partial charge in [-0.05, 0) is 69.9 Å². The summed E-state index contributed by atoms with van der Waals surface area (Å²) in [7, 11) is 1.70. The first-order chi connectivity index (χ1) is 12.9. The van der Waals surface area contributed by atoms with Crippen molar-refractivity contribution in [2.75, 3.05) is 33.4 Å². The van der Waals surface area contributed by atoms with Crippen LogP contribution in [0.5, 0.6) is 11.5 Å². The Kier molecular flexibility index (Phi) is 10.9. The van der Waals surface area contributed by atoms with Crippen LogP contribution in [0.2, 0.25) is 0 Å². The highest BCUT2D eigenvalue weighted by Crippen LogP contribution is 2.27. The number of carboxylic acids is 2. The van der Waals surface area contributed by atoms with E-state index in [1.165, 1.54) is 57.3 Å². The molecule has 1 saturated heterocycles. The van der Waals surface area contributed by atoms with E-state index in [0.29, 0.717) is 0 Å². The van der Waals surface area contributed by atoms with E-state index in [1.807, 2.05) is 12.1 Å². The second-order valence-electron chi connectivity index (χ2n) is 6.58. The quantitative estimate of drug-likeness (QED) is 0.553. The molecule has 7 heteroatoms. The predicted octanol–water partition coefficient (Wildman–Crippen LogP) is 3.19. The highest BCUT2D eigenvalue weighted by Gasteiger charge is 2.08. The van der Waals surface area contributed by atoms with Crippen LogP contribution in [0.15, 0.2) is 18.2 Å². The van der Waals surface area contributed by atoms with Crippen molar-refractivity contribution in [1.82, 2.24) is 4.90 Å². The fraction of sp³-hybridized carbons (Fsp3) is 0.600. The van der Waals surface area contributed by atoms with E-state index in [4.69, 9.17) is 29.3 Å². The largest absolute Gasteiger partial charge is 0.493 e. The van der Waals surface area contributed by atoms with E-state index >= 15 is 0 Å². The van der Waals surface area contributed by atoms with Crippen molar-refractivity contribution in [3.8, 4) is 11.5 Å². The Bertz CT molecular complexity index is 570. The van der Waals surface area contributed by atoms with Gasteiger partial charge in [0.05, 0.1) is 13.7 Å². The summed E-state index contributed by atoms with van der Waals surface area (Å²) in [6.45, 7) is 6.62. The molecule has 0 radical (unpaired) electrons. The molecule has 0 unspecified atom stereocenters. The molecule has 1 aromatic rings. The average molecular weight is 381 g/mol. The van der Waals surface area contributed by atoms with E-state index in [2.05, 4.69) is 17.9 Å². The molecule has 0 aromatic heterocycles. The molecule has 1 heterocycles. The van der Waals surface area contributed by atoms with Crippen LogP contribution in [0.4, 0.5) is 0 Å². The first-order valence-electron chi connectivity index (χ1n) is 9.40. The number of aliphatic carboxylic acids is 2.